The molecule has 0 aliphatic heterocycles. The van der Waals surface area contributed by atoms with Gasteiger partial charge in [0, 0.05) is 5.69 Å². The molecule has 1 aromatic carbocycles. The number of aryl methyl sites for hydroxylation is 1. The number of rotatable bonds is 18. The maximum atomic E-state index is 11.2. The number of aliphatic hydroxyl groups excluding tert-OH is 1. The first kappa shape index (κ1) is 26.8. The molecule has 0 aliphatic rings. The molecule has 0 radical (unpaired) electrons. The van der Waals surface area contributed by atoms with E-state index in [-0.39, 0.29) is 0 Å². The van der Waals surface area contributed by atoms with E-state index in [1.807, 2.05) is 12.1 Å². The zero-order valence-electron chi connectivity index (χ0n) is 18.5. The molecule has 0 saturated heterocycles. The van der Waals surface area contributed by atoms with E-state index < -0.39 is 17.1 Å². The van der Waals surface area contributed by atoms with Gasteiger partial charge in [0.15, 0.2) is 5.44 Å². The Bertz CT molecular complexity index is 579. The molecule has 0 saturated carbocycles. The number of aliphatic hydroxyl groups is 2. The highest BCUT2D eigenvalue weighted by Gasteiger charge is 2.42. The minimum Gasteiger partial charge on any atom is -0.478 e. The molecule has 0 aliphatic carbocycles. The summed E-state index contributed by atoms with van der Waals surface area (Å²) in [5, 5.41) is 30.9. The third kappa shape index (κ3) is 10.7. The van der Waals surface area contributed by atoms with Crippen molar-refractivity contribution < 1.29 is 20.1 Å². The van der Waals surface area contributed by atoms with Crippen molar-refractivity contribution in [3.05, 3.63) is 29.8 Å². The molecular formula is C24H41NO4S. The highest BCUT2D eigenvalue weighted by atomic mass is 32.1. The number of hydrogen-bond acceptors (Lipinski definition) is 5. The van der Waals surface area contributed by atoms with Crippen LogP contribution >= 0.6 is 12.6 Å². The highest BCUT2D eigenvalue weighted by molar-refractivity contribution is 7.80. The summed E-state index contributed by atoms with van der Waals surface area (Å²) in [7, 11) is 0. The number of aliphatic carboxylic acids is 1. The largest absolute Gasteiger partial charge is 0.478 e. The Kier molecular flexibility index (Phi) is 13.9. The number of unbranched alkanes of at least 4 members (excludes halogenated alkanes) is 12. The summed E-state index contributed by atoms with van der Waals surface area (Å²) in [5.74, 6) is -1.58. The summed E-state index contributed by atoms with van der Waals surface area (Å²) in [6.45, 7) is 2.26. The molecular weight excluding hydrogens is 398 g/mol. The fraction of sp³-hybridized carbons (Fsp3) is 0.708. The summed E-state index contributed by atoms with van der Waals surface area (Å²) in [5.41, 5.74) is -2.68. The Hall–Kier alpha value is -1.24. The van der Waals surface area contributed by atoms with Crippen LogP contribution in [0.4, 0.5) is 5.69 Å². The summed E-state index contributed by atoms with van der Waals surface area (Å²) in [6.07, 6.45) is 18.3. The zero-order chi connectivity index (χ0) is 22.2. The second-order valence-electron chi connectivity index (χ2n) is 8.26. The molecule has 2 unspecified atom stereocenters. The lowest BCUT2D eigenvalue weighted by molar-refractivity contribution is -0.160. The molecule has 4 N–H and O–H groups in total. The van der Waals surface area contributed by atoms with E-state index in [9.17, 15) is 15.0 Å². The summed E-state index contributed by atoms with van der Waals surface area (Å²) >= 11 is 3.64. The van der Waals surface area contributed by atoms with E-state index in [2.05, 4.69) is 24.9 Å². The predicted molar refractivity (Wildman–Crippen MR) is 127 cm³/mol. The number of benzene rings is 1. The summed E-state index contributed by atoms with van der Waals surface area (Å²) in [4.78, 5) is 11.2. The van der Waals surface area contributed by atoms with E-state index in [4.69, 9.17) is 5.11 Å². The van der Waals surface area contributed by atoms with Crippen LogP contribution in [-0.4, -0.2) is 32.4 Å². The number of carboxylic acids is 1. The maximum absolute atomic E-state index is 11.2. The van der Waals surface area contributed by atoms with Gasteiger partial charge in [0.25, 0.3) is 5.72 Å². The van der Waals surface area contributed by atoms with Gasteiger partial charge >= 0.3 is 5.97 Å². The summed E-state index contributed by atoms with van der Waals surface area (Å²) in [6, 6.07) is 7.25. The standard InChI is InChI=1S/C24H41NO4S/c1-2-3-4-5-6-7-8-9-10-11-12-13-14-15-20-16-18-21(19-17-20)25-24(29,22(26)27)23(28)30/h16-19,23,25,28-30H,2-15H2,1H3,(H,26,27). The van der Waals surface area contributed by atoms with Crippen LogP contribution in [0.3, 0.4) is 0 Å². The Labute approximate surface area is 187 Å². The molecule has 5 nitrogen and oxygen atoms in total. The smallest absolute Gasteiger partial charge is 0.360 e. The zero-order valence-corrected chi connectivity index (χ0v) is 19.4. The molecule has 0 spiro atoms. The van der Waals surface area contributed by atoms with Gasteiger partial charge in [-0.05, 0) is 30.5 Å². The molecule has 1 rings (SSSR count). The van der Waals surface area contributed by atoms with Crippen molar-refractivity contribution >= 4 is 24.3 Å². The van der Waals surface area contributed by atoms with Crippen LogP contribution in [0.5, 0.6) is 0 Å². The van der Waals surface area contributed by atoms with Crippen LogP contribution in [0.1, 0.15) is 96.0 Å². The summed E-state index contributed by atoms with van der Waals surface area (Å²) < 4.78 is 0. The second kappa shape index (κ2) is 15.5. The Morgan fingerprint density at radius 2 is 1.33 bits per heavy atom. The average molecular weight is 440 g/mol. The molecule has 0 aromatic heterocycles. The van der Waals surface area contributed by atoms with Crippen molar-refractivity contribution in [2.45, 2.75) is 108 Å². The Morgan fingerprint density at radius 1 is 0.900 bits per heavy atom. The van der Waals surface area contributed by atoms with E-state index in [1.165, 1.54) is 82.6 Å². The van der Waals surface area contributed by atoms with Crippen LogP contribution in [0.15, 0.2) is 24.3 Å². The van der Waals surface area contributed by atoms with Crippen LogP contribution in [-0.2, 0) is 11.2 Å². The number of carbonyl (C=O) groups is 1. The van der Waals surface area contributed by atoms with Gasteiger partial charge in [-0.25, -0.2) is 4.79 Å². The van der Waals surface area contributed by atoms with Gasteiger partial charge < -0.3 is 20.6 Å². The van der Waals surface area contributed by atoms with Crippen molar-refractivity contribution in [1.29, 1.82) is 0 Å². The second-order valence-corrected chi connectivity index (χ2v) is 8.75. The number of carboxylic acid groups (broad SMARTS) is 1. The van der Waals surface area contributed by atoms with Gasteiger partial charge in [-0.2, -0.15) is 0 Å². The lowest BCUT2D eigenvalue weighted by Gasteiger charge is -2.27. The average Bonchev–Trinajstić information content (AvgIpc) is 2.72. The first-order valence-corrected chi connectivity index (χ1v) is 12.1. The van der Waals surface area contributed by atoms with E-state index in [1.54, 1.807) is 12.1 Å². The minimum atomic E-state index is -2.53. The fourth-order valence-corrected chi connectivity index (χ4v) is 3.73. The van der Waals surface area contributed by atoms with E-state index >= 15 is 0 Å². The molecule has 30 heavy (non-hydrogen) atoms. The predicted octanol–water partition coefficient (Wildman–Crippen LogP) is 5.75. The van der Waals surface area contributed by atoms with Crippen molar-refractivity contribution in [2.75, 3.05) is 5.32 Å². The van der Waals surface area contributed by atoms with Gasteiger partial charge in [-0.1, -0.05) is 96.1 Å². The van der Waals surface area contributed by atoms with Crippen molar-refractivity contribution in [3.63, 3.8) is 0 Å². The van der Waals surface area contributed by atoms with Gasteiger partial charge in [0.2, 0.25) is 0 Å². The van der Waals surface area contributed by atoms with E-state index in [0.29, 0.717) is 5.69 Å². The highest BCUT2D eigenvalue weighted by Crippen LogP contribution is 2.21. The Balaban J connectivity index is 2.11. The van der Waals surface area contributed by atoms with Crippen LogP contribution in [0, 0.1) is 0 Å². The molecule has 2 atom stereocenters. The number of thiol groups is 1. The molecule has 0 fully saturated rings. The van der Waals surface area contributed by atoms with Crippen molar-refractivity contribution in [2.24, 2.45) is 0 Å². The first-order valence-electron chi connectivity index (χ1n) is 11.6. The van der Waals surface area contributed by atoms with Crippen LogP contribution < -0.4 is 5.32 Å². The fourth-order valence-electron chi connectivity index (χ4n) is 3.55. The monoisotopic (exact) mass is 439 g/mol. The minimum absolute atomic E-state index is 0.419. The normalized spacial score (nSPS) is 14.3. The molecule has 0 bridgehead atoms. The molecule has 0 heterocycles. The maximum Gasteiger partial charge on any atom is 0.360 e. The van der Waals surface area contributed by atoms with Gasteiger partial charge in [0.05, 0.1) is 0 Å². The Morgan fingerprint density at radius 3 is 1.73 bits per heavy atom. The quantitative estimate of drug-likeness (QED) is 0.114. The lowest BCUT2D eigenvalue weighted by atomic mass is 10.0. The van der Waals surface area contributed by atoms with Crippen molar-refractivity contribution in [3.8, 4) is 0 Å². The number of nitrogens with one attached hydrogen (secondary N) is 1. The third-order valence-electron chi connectivity index (χ3n) is 5.56. The third-order valence-corrected chi connectivity index (χ3v) is 5.93. The molecule has 1 aromatic rings. The first-order chi connectivity index (χ1) is 14.4. The topological polar surface area (TPSA) is 89.8 Å². The number of hydrogen-bond donors (Lipinski definition) is 5. The molecule has 0 amide bonds. The van der Waals surface area contributed by atoms with Crippen LogP contribution in [0.2, 0.25) is 0 Å². The number of anilines is 1. The lowest BCUT2D eigenvalue weighted by Crippen LogP contribution is -2.53. The van der Waals surface area contributed by atoms with Crippen LogP contribution in [0.25, 0.3) is 0 Å². The van der Waals surface area contributed by atoms with E-state index in [0.717, 1.165) is 12.8 Å². The van der Waals surface area contributed by atoms with Gasteiger partial charge in [-0.3, -0.25) is 0 Å². The van der Waals surface area contributed by atoms with Crippen molar-refractivity contribution in [1.82, 2.24) is 0 Å². The van der Waals surface area contributed by atoms with Gasteiger partial charge in [-0.15, -0.1) is 12.6 Å². The SMILES string of the molecule is CCCCCCCCCCCCCCCc1ccc(NC(O)(C(=O)O)C(O)S)cc1. The molecule has 172 valence electrons. The molecule has 6 heteroatoms. The van der Waals surface area contributed by atoms with Gasteiger partial charge in [0.1, 0.15) is 0 Å².